The van der Waals surface area contributed by atoms with E-state index in [9.17, 15) is 0 Å². The van der Waals surface area contributed by atoms with Crippen molar-refractivity contribution in [2.24, 2.45) is 0 Å². The van der Waals surface area contributed by atoms with Gasteiger partial charge in [0.15, 0.2) is 8.32 Å². The van der Waals surface area contributed by atoms with Crippen molar-refractivity contribution in [1.29, 1.82) is 0 Å². The zero-order valence-electron chi connectivity index (χ0n) is 15.0. The Kier molecular flexibility index (Phi) is 7.76. The summed E-state index contributed by atoms with van der Waals surface area (Å²) in [5.41, 5.74) is 1.19. The highest BCUT2D eigenvalue weighted by Gasteiger charge is 2.39. The summed E-state index contributed by atoms with van der Waals surface area (Å²) in [5, 5.41) is 0.191. The zero-order chi connectivity index (χ0) is 16.6. The van der Waals surface area contributed by atoms with Gasteiger partial charge in [0, 0.05) is 6.61 Å². The van der Waals surface area contributed by atoms with Gasteiger partial charge >= 0.3 is 0 Å². The molecule has 0 saturated heterocycles. The molecule has 0 spiro atoms. The maximum Gasteiger partial charge on any atom is 0.192 e. The van der Waals surface area contributed by atoms with Crippen LogP contribution in [-0.2, 0) is 20.5 Å². The smallest absolute Gasteiger partial charge is 0.192 e. The summed E-state index contributed by atoms with van der Waals surface area (Å²) < 4.78 is 17.9. The molecular weight excluding hydrogens is 292 g/mol. The SMILES string of the molecule is CCOC[C@H](COCc1ccccc1)O[Si](C)(C)C(C)(C)C. The van der Waals surface area contributed by atoms with Crippen molar-refractivity contribution in [3.05, 3.63) is 35.9 Å². The van der Waals surface area contributed by atoms with E-state index in [0.29, 0.717) is 26.4 Å². The van der Waals surface area contributed by atoms with Gasteiger partial charge in [0.1, 0.15) is 0 Å². The van der Waals surface area contributed by atoms with Crippen LogP contribution in [-0.4, -0.2) is 34.2 Å². The molecule has 0 N–H and O–H groups in total. The Morgan fingerprint density at radius 3 is 2.14 bits per heavy atom. The third-order valence-electron chi connectivity index (χ3n) is 4.19. The van der Waals surface area contributed by atoms with Crippen molar-refractivity contribution in [1.82, 2.24) is 0 Å². The van der Waals surface area contributed by atoms with E-state index in [1.54, 1.807) is 0 Å². The number of hydrogen-bond acceptors (Lipinski definition) is 3. The van der Waals surface area contributed by atoms with Crippen molar-refractivity contribution in [2.75, 3.05) is 19.8 Å². The number of hydrogen-bond donors (Lipinski definition) is 0. The van der Waals surface area contributed by atoms with E-state index in [-0.39, 0.29) is 11.1 Å². The lowest BCUT2D eigenvalue weighted by atomic mass is 10.2. The van der Waals surface area contributed by atoms with Gasteiger partial charge in [0.25, 0.3) is 0 Å². The van der Waals surface area contributed by atoms with Gasteiger partial charge in [-0.1, -0.05) is 51.1 Å². The van der Waals surface area contributed by atoms with Crippen molar-refractivity contribution >= 4 is 8.32 Å². The van der Waals surface area contributed by atoms with Gasteiger partial charge in [0.05, 0.1) is 25.9 Å². The predicted molar refractivity (Wildman–Crippen MR) is 94.7 cm³/mol. The molecule has 1 rings (SSSR count). The van der Waals surface area contributed by atoms with E-state index in [1.807, 2.05) is 25.1 Å². The van der Waals surface area contributed by atoms with Crippen LogP contribution in [0.25, 0.3) is 0 Å². The van der Waals surface area contributed by atoms with Crippen LogP contribution in [0.5, 0.6) is 0 Å². The summed E-state index contributed by atoms with van der Waals surface area (Å²) in [7, 11) is -1.81. The van der Waals surface area contributed by atoms with Gasteiger partial charge < -0.3 is 13.9 Å². The summed E-state index contributed by atoms with van der Waals surface area (Å²) in [4.78, 5) is 0. The molecule has 0 heterocycles. The van der Waals surface area contributed by atoms with Crippen molar-refractivity contribution in [2.45, 2.75) is 58.5 Å². The Hall–Kier alpha value is -0.683. The topological polar surface area (TPSA) is 27.7 Å². The molecule has 0 fully saturated rings. The van der Waals surface area contributed by atoms with Crippen molar-refractivity contribution in [3.63, 3.8) is 0 Å². The van der Waals surface area contributed by atoms with Crippen LogP contribution < -0.4 is 0 Å². The minimum atomic E-state index is -1.81. The lowest BCUT2D eigenvalue weighted by Gasteiger charge is -2.39. The monoisotopic (exact) mass is 324 g/mol. The largest absolute Gasteiger partial charge is 0.409 e. The van der Waals surface area contributed by atoms with Gasteiger partial charge in [-0.2, -0.15) is 0 Å². The van der Waals surface area contributed by atoms with Crippen LogP contribution in [0.4, 0.5) is 0 Å². The summed E-state index contributed by atoms with van der Waals surface area (Å²) in [6.45, 7) is 15.8. The maximum absolute atomic E-state index is 6.43. The Morgan fingerprint density at radius 1 is 1.00 bits per heavy atom. The second kappa shape index (κ2) is 8.82. The molecule has 1 aromatic rings. The second-order valence-electron chi connectivity index (χ2n) is 7.16. The Morgan fingerprint density at radius 2 is 1.59 bits per heavy atom. The van der Waals surface area contributed by atoms with E-state index in [1.165, 1.54) is 5.56 Å². The van der Waals surface area contributed by atoms with Crippen LogP contribution in [0, 0.1) is 0 Å². The van der Waals surface area contributed by atoms with Crippen LogP contribution in [0.15, 0.2) is 30.3 Å². The first-order valence-electron chi connectivity index (χ1n) is 8.13. The third kappa shape index (κ3) is 6.61. The Bertz CT molecular complexity index is 412. The zero-order valence-corrected chi connectivity index (χ0v) is 16.0. The molecule has 4 heteroatoms. The summed E-state index contributed by atoms with van der Waals surface area (Å²) in [6.07, 6.45) is 0.00422. The highest BCUT2D eigenvalue weighted by Crippen LogP contribution is 2.37. The first-order valence-corrected chi connectivity index (χ1v) is 11.0. The van der Waals surface area contributed by atoms with Gasteiger partial charge in [-0.3, -0.25) is 0 Å². The average molecular weight is 325 g/mol. The number of benzene rings is 1. The highest BCUT2D eigenvalue weighted by molar-refractivity contribution is 6.74. The van der Waals surface area contributed by atoms with Gasteiger partial charge in [-0.15, -0.1) is 0 Å². The predicted octanol–water partition coefficient (Wildman–Crippen LogP) is 4.63. The van der Waals surface area contributed by atoms with Crippen LogP contribution in [0.3, 0.4) is 0 Å². The maximum atomic E-state index is 6.43. The highest BCUT2D eigenvalue weighted by atomic mass is 28.4. The van der Waals surface area contributed by atoms with E-state index in [0.717, 1.165) is 0 Å². The quantitative estimate of drug-likeness (QED) is 0.620. The molecule has 0 amide bonds. The molecule has 3 nitrogen and oxygen atoms in total. The molecule has 0 bridgehead atoms. The fraction of sp³-hybridized carbons (Fsp3) is 0.667. The molecule has 0 aliphatic carbocycles. The summed E-state index contributed by atoms with van der Waals surface area (Å²) >= 11 is 0. The third-order valence-corrected chi connectivity index (χ3v) is 8.73. The molecule has 0 aliphatic rings. The first kappa shape index (κ1) is 19.4. The lowest BCUT2D eigenvalue weighted by Crippen LogP contribution is -2.46. The molecule has 0 aromatic heterocycles. The first-order chi connectivity index (χ1) is 10.3. The van der Waals surface area contributed by atoms with Crippen molar-refractivity contribution < 1.29 is 13.9 Å². The van der Waals surface area contributed by atoms with Gasteiger partial charge in [-0.25, -0.2) is 0 Å². The minimum Gasteiger partial charge on any atom is -0.409 e. The average Bonchev–Trinajstić information content (AvgIpc) is 2.44. The molecular formula is C18H32O3Si. The molecule has 0 aliphatic heterocycles. The normalized spacial score (nSPS) is 14.1. The standard InChI is InChI=1S/C18H32O3Si/c1-7-19-14-17(21-22(5,6)18(2,3)4)15-20-13-16-11-9-8-10-12-16/h8-12,17H,7,13-15H2,1-6H3/t17-/m1/s1. The number of ether oxygens (including phenoxy) is 2. The molecule has 0 saturated carbocycles. The van der Waals surface area contributed by atoms with Crippen molar-refractivity contribution in [3.8, 4) is 0 Å². The Balaban J connectivity index is 2.53. The molecule has 0 unspecified atom stereocenters. The molecule has 0 radical (unpaired) electrons. The molecule has 22 heavy (non-hydrogen) atoms. The van der Waals surface area contributed by atoms with E-state index in [2.05, 4.69) is 46.0 Å². The van der Waals surface area contributed by atoms with Crippen LogP contribution in [0.2, 0.25) is 18.1 Å². The van der Waals surface area contributed by atoms with E-state index in [4.69, 9.17) is 13.9 Å². The van der Waals surface area contributed by atoms with Gasteiger partial charge in [-0.05, 0) is 30.6 Å². The molecule has 1 aromatic carbocycles. The van der Waals surface area contributed by atoms with E-state index < -0.39 is 8.32 Å². The number of rotatable bonds is 9. The van der Waals surface area contributed by atoms with E-state index >= 15 is 0 Å². The molecule has 1 atom stereocenters. The molecule has 126 valence electrons. The fourth-order valence-corrected chi connectivity index (χ4v) is 3.16. The fourth-order valence-electron chi connectivity index (χ4n) is 1.84. The van der Waals surface area contributed by atoms with Crippen LogP contribution >= 0.6 is 0 Å². The summed E-state index contributed by atoms with van der Waals surface area (Å²) in [5.74, 6) is 0. The van der Waals surface area contributed by atoms with Crippen LogP contribution in [0.1, 0.15) is 33.3 Å². The second-order valence-corrected chi connectivity index (χ2v) is 11.9. The minimum absolute atomic E-state index is 0.00422. The Labute approximate surface area is 137 Å². The van der Waals surface area contributed by atoms with Gasteiger partial charge in [0.2, 0.25) is 0 Å². The lowest BCUT2D eigenvalue weighted by molar-refractivity contribution is -0.0145. The summed E-state index contributed by atoms with van der Waals surface area (Å²) in [6, 6.07) is 10.2.